The Morgan fingerprint density at radius 3 is 1.19 bits per heavy atom. The number of carboxylic acids is 4. The van der Waals surface area contributed by atoms with E-state index in [0.717, 1.165) is 0 Å². The van der Waals surface area contributed by atoms with E-state index in [9.17, 15) is 19.2 Å². The molecule has 0 spiro atoms. The molecule has 0 amide bonds. The smallest absolute Gasteiger partial charge is 0.336 e. The molecule has 0 aliphatic heterocycles. The van der Waals surface area contributed by atoms with Crippen molar-refractivity contribution in [2.75, 3.05) is 19.8 Å². The van der Waals surface area contributed by atoms with Gasteiger partial charge in [-0.1, -0.05) is 19.1 Å². The number of aliphatic hydroxyl groups excluding tert-OH is 3. The number of aliphatic carboxylic acids is 2. The fraction of sp³-hybridized carbons (Fsp3) is 0.500. The first-order valence-corrected chi connectivity index (χ1v) is 9.32. The number of aromatic carboxylic acids is 2. The summed E-state index contributed by atoms with van der Waals surface area (Å²) < 4.78 is 0. The lowest BCUT2D eigenvalue weighted by Crippen LogP contribution is -2.32. The van der Waals surface area contributed by atoms with Crippen LogP contribution in [0.3, 0.4) is 0 Å². The second-order valence-corrected chi connectivity index (χ2v) is 6.48. The van der Waals surface area contributed by atoms with Crippen molar-refractivity contribution < 1.29 is 54.9 Å². The van der Waals surface area contributed by atoms with Crippen molar-refractivity contribution in [1.29, 1.82) is 0 Å². The van der Waals surface area contributed by atoms with Gasteiger partial charge < -0.3 is 35.7 Å². The van der Waals surface area contributed by atoms with E-state index >= 15 is 0 Å². The van der Waals surface area contributed by atoms with Crippen molar-refractivity contribution in [1.82, 2.24) is 0 Å². The van der Waals surface area contributed by atoms with Gasteiger partial charge in [-0.05, 0) is 31.4 Å². The van der Waals surface area contributed by atoms with Crippen LogP contribution in [0.25, 0.3) is 0 Å². The van der Waals surface area contributed by atoms with E-state index in [1.165, 1.54) is 24.3 Å². The van der Waals surface area contributed by atoms with Gasteiger partial charge in [0.2, 0.25) is 0 Å². The minimum absolute atomic E-state index is 0.0628. The average molecular weight is 446 g/mol. The highest BCUT2D eigenvalue weighted by Crippen LogP contribution is 2.18. The highest BCUT2D eigenvalue weighted by atomic mass is 16.4. The number of benzene rings is 1. The maximum atomic E-state index is 10.5. The fourth-order valence-corrected chi connectivity index (χ4v) is 1.89. The average Bonchev–Trinajstić information content (AvgIpc) is 2.74. The largest absolute Gasteiger partial charge is 0.481 e. The first-order valence-electron chi connectivity index (χ1n) is 9.32. The summed E-state index contributed by atoms with van der Waals surface area (Å²) in [5.74, 6) is -4.20. The second-order valence-electron chi connectivity index (χ2n) is 6.48. The molecule has 176 valence electrons. The second kappa shape index (κ2) is 16.7. The van der Waals surface area contributed by atoms with E-state index in [4.69, 9.17) is 35.7 Å². The summed E-state index contributed by atoms with van der Waals surface area (Å²) >= 11 is 0. The zero-order chi connectivity index (χ0) is 24.4. The Kier molecular flexibility index (Phi) is 16.3. The summed E-state index contributed by atoms with van der Waals surface area (Å²) in [6.07, 6.45) is 1.61. The van der Waals surface area contributed by atoms with Crippen LogP contribution < -0.4 is 0 Å². The summed E-state index contributed by atoms with van der Waals surface area (Å²) in [5.41, 5.74) is -1.05. The lowest BCUT2D eigenvalue weighted by molar-refractivity contribution is -0.139. The third-order valence-corrected chi connectivity index (χ3v) is 4.18. The summed E-state index contributed by atoms with van der Waals surface area (Å²) in [4.78, 5) is 40.7. The molecule has 0 saturated heterocycles. The first-order chi connectivity index (χ1) is 14.5. The van der Waals surface area contributed by atoms with Gasteiger partial charge in [0.25, 0.3) is 0 Å². The summed E-state index contributed by atoms with van der Waals surface area (Å²) in [5, 5.41) is 59.3. The van der Waals surface area contributed by atoms with Gasteiger partial charge in [0, 0.05) is 18.3 Å². The Morgan fingerprint density at radius 2 is 1.03 bits per heavy atom. The van der Waals surface area contributed by atoms with Gasteiger partial charge in [-0.15, -0.1) is 0 Å². The molecule has 7 N–H and O–H groups in total. The van der Waals surface area contributed by atoms with Crippen molar-refractivity contribution >= 4 is 23.9 Å². The number of carboxylic acid groups (broad SMARTS) is 4. The number of rotatable bonds is 11. The maximum absolute atomic E-state index is 10.5. The first kappa shape index (κ1) is 30.2. The number of hydrogen-bond acceptors (Lipinski definition) is 7. The Bertz CT molecular complexity index is 630. The van der Waals surface area contributed by atoms with Gasteiger partial charge in [-0.2, -0.15) is 0 Å². The van der Waals surface area contributed by atoms with Crippen molar-refractivity contribution in [3.63, 3.8) is 0 Å². The molecule has 0 heterocycles. The third-order valence-electron chi connectivity index (χ3n) is 4.18. The number of aliphatic hydroxyl groups is 3. The molecule has 0 radical (unpaired) electrons. The Hall–Kier alpha value is -3.02. The van der Waals surface area contributed by atoms with Gasteiger partial charge in [-0.25, -0.2) is 9.59 Å². The molecular formula is C20H30O11. The predicted octanol–water partition coefficient (Wildman–Crippen LogP) is 1.16. The van der Waals surface area contributed by atoms with E-state index in [1.807, 2.05) is 6.92 Å². The highest BCUT2D eigenvalue weighted by molar-refractivity contribution is 6.01. The maximum Gasteiger partial charge on any atom is 0.336 e. The Labute approximate surface area is 179 Å². The molecule has 1 rings (SSSR count). The van der Waals surface area contributed by atoms with Crippen LogP contribution in [-0.4, -0.2) is 79.4 Å². The van der Waals surface area contributed by atoms with Gasteiger partial charge in [0.05, 0.1) is 30.9 Å². The molecule has 11 heteroatoms. The van der Waals surface area contributed by atoms with E-state index in [2.05, 4.69) is 0 Å². The van der Waals surface area contributed by atoms with E-state index in [0.29, 0.717) is 19.3 Å². The topological polar surface area (TPSA) is 210 Å². The SMILES string of the molecule is CCC(CO)(CO)CO.O=C(O)CCCCC(=O)O.O=C(O)c1ccccc1C(=O)O. The summed E-state index contributed by atoms with van der Waals surface area (Å²) in [7, 11) is 0. The zero-order valence-corrected chi connectivity index (χ0v) is 17.2. The lowest BCUT2D eigenvalue weighted by atomic mass is 9.88. The molecule has 0 bridgehead atoms. The molecule has 1 aromatic carbocycles. The van der Waals surface area contributed by atoms with Gasteiger partial charge in [-0.3, -0.25) is 9.59 Å². The quantitative estimate of drug-likeness (QED) is 0.240. The summed E-state index contributed by atoms with van der Waals surface area (Å²) in [6.45, 7) is 1.35. The number of unbranched alkanes of at least 4 members (excludes halogenated alkanes) is 1. The van der Waals surface area contributed by atoms with Crippen LogP contribution in [0.15, 0.2) is 24.3 Å². The molecule has 0 atom stereocenters. The Balaban J connectivity index is 0. The van der Waals surface area contributed by atoms with Gasteiger partial charge in [0.15, 0.2) is 0 Å². The van der Waals surface area contributed by atoms with Crippen LogP contribution in [-0.2, 0) is 9.59 Å². The molecule has 0 unspecified atom stereocenters. The zero-order valence-electron chi connectivity index (χ0n) is 17.2. The van der Waals surface area contributed by atoms with Crippen LogP contribution in [0, 0.1) is 5.41 Å². The molecule has 1 aromatic rings. The van der Waals surface area contributed by atoms with Crippen molar-refractivity contribution in [3.05, 3.63) is 35.4 Å². The van der Waals surface area contributed by atoms with Gasteiger partial charge >= 0.3 is 23.9 Å². The van der Waals surface area contributed by atoms with Crippen LogP contribution in [0.1, 0.15) is 59.7 Å². The predicted molar refractivity (Wildman–Crippen MR) is 108 cm³/mol. The van der Waals surface area contributed by atoms with Crippen LogP contribution in [0.4, 0.5) is 0 Å². The lowest BCUT2D eigenvalue weighted by Gasteiger charge is -2.24. The number of hydrogen-bond donors (Lipinski definition) is 7. The highest BCUT2D eigenvalue weighted by Gasteiger charge is 2.24. The minimum Gasteiger partial charge on any atom is -0.481 e. The molecule has 0 saturated carbocycles. The molecule has 11 nitrogen and oxygen atoms in total. The molecule has 0 fully saturated rings. The number of carbonyl (C=O) groups is 4. The van der Waals surface area contributed by atoms with Crippen molar-refractivity contribution in [2.24, 2.45) is 5.41 Å². The van der Waals surface area contributed by atoms with Crippen molar-refractivity contribution in [2.45, 2.75) is 39.0 Å². The monoisotopic (exact) mass is 446 g/mol. The van der Waals surface area contributed by atoms with Gasteiger partial charge in [0.1, 0.15) is 0 Å². The molecule has 0 aliphatic carbocycles. The molecular weight excluding hydrogens is 416 g/mol. The van der Waals surface area contributed by atoms with Crippen LogP contribution in [0.2, 0.25) is 0 Å². The standard InChI is InChI=1S/C8H6O4.C6H10O4.C6H14O3/c9-7(10)5-3-1-2-4-6(5)8(11)12;7-5(8)3-1-2-4-6(9)10;1-2-6(3-7,4-8)5-9/h1-4H,(H,9,10)(H,11,12);1-4H2,(H,7,8)(H,9,10);7-9H,2-5H2,1H3. The normalized spacial score (nSPS) is 10.1. The molecule has 31 heavy (non-hydrogen) atoms. The van der Waals surface area contributed by atoms with E-state index < -0.39 is 29.3 Å². The van der Waals surface area contributed by atoms with Crippen LogP contribution >= 0.6 is 0 Å². The van der Waals surface area contributed by atoms with Crippen LogP contribution in [0.5, 0.6) is 0 Å². The van der Waals surface area contributed by atoms with E-state index in [1.54, 1.807) is 0 Å². The Morgan fingerprint density at radius 1 is 0.710 bits per heavy atom. The van der Waals surface area contributed by atoms with E-state index in [-0.39, 0.29) is 43.8 Å². The van der Waals surface area contributed by atoms with Crippen molar-refractivity contribution in [3.8, 4) is 0 Å². The fourth-order valence-electron chi connectivity index (χ4n) is 1.89. The minimum atomic E-state index is -1.23. The molecule has 0 aliphatic rings. The molecule has 0 aromatic heterocycles. The third kappa shape index (κ3) is 13.8. The summed E-state index contributed by atoms with van der Waals surface area (Å²) in [6, 6.07) is 5.48.